The molecule has 0 atom stereocenters. The molecular formula is C13H24N6O. The highest BCUT2D eigenvalue weighted by atomic mass is 16.2. The molecule has 1 aromatic heterocycles. The number of piperidine rings is 1. The van der Waals surface area contributed by atoms with Crippen LogP contribution in [0, 0.1) is 0 Å². The smallest absolute Gasteiger partial charge is 0.244 e. The summed E-state index contributed by atoms with van der Waals surface area (Å²) in [7, 11) is 1.88. The predicted molar refractivity (Wildman–Crippen MR) is 77.0 cm³/mol. The molecule has 2 N–H and O–H groups in total. The first-order valence-corrected chi connectivity index (χ1v) is 7.23. The molecule has 0 saturated carbocycles. The topological polar surface area (TPSA) is 80.3 Å². The van der Waals surface area contributed by atoms with E-state index in [-0.39, 0.29) is 18.4 Å². The number of rotatable bonds is 5. The van der Waals surface area contributed by atoms with Crippen LogP contribution in [0.3, 0.4) is 0 Å². The molecular weight excluding hydrogens is 256 g/mol. The van der Waals surface area contributed by atoms with Crippen molar-refractivity contribution < 1.29 is 4.79 Å². The average molecular weight is 280 g/mol. The van der Waals surface area contributed by atoms with Crippen LogP contribution in [0.15, 0.2) is 6.33 Å². The van der Waals surface area contributed by atoms with Crippen LogP contribution in [0.5, 0.6) is 0 Å². The van der Waals surface area contributed by atoms with Crippen LogP contribution in [0.4, 0.5) is 5.95 Å². The summed E-state index contributed by atoms with van der Waals surface area (Å²) in [4.78, 5) is 20.3. The van der Waals surface area contributed by atoms with Gasteiger partial charge in [-0.2, -0.15) is 0 Å². The van der Waals surface area contributed by atoms with Gasteiger partial charge in [0.15, 0.2) is 0 Å². The molecule has 0 bridgehead atoms. The first-order chi connectivity index (χ1) is 9.60. The highest BCUT2D eigenvalue weighted by Gasteiger charge is 2.25. The third kappa shape index (κ3) is 3.69. The summed E-state index contributed by atoms with van der Waals surface area (Å²) in [5.41, 5.74) is 5.44. The average Bonchev–Trinajstić information content (AvgIpc) is 2.84. The highest BCUT2D eigenvalue weighted by molar-refractivity contribution is 5.75. The fraction of sp³-hybridized carbons (Fsp3) is 0.769. The molecule has 1 aliphatic rings. The van der Waals surface area contributed by atoms with Gasteiger partial charge in [-0.1, -0.05) is 6.92 Å². The van der Waals surface area contributed by atoms with Crippen molar-refractivity contribution in [1.82, 2.24) is 24.6 Å². The number of aromatic nitrogens is 3. The van der Waals surface area contributed by atoms with Crippen molar-refractivity contribution in [1.29, 1.82) is 0 Å². The molecule has 1 amide bonds. The molecule has 1 aromatic rings. The van der Waals surface area contributed by atoms with Crippen LogP contribution in [0.25, 0.3) is 0 Å². The van der Waals surface area contributed by atoms with Crippen LogP contribution < -0.4 is 5.73 Å². The molecule has 1 fully saturated rings. The third-order valence-electron chi connectivity index (χ3n) is 3.89. The van der Waals surface area contributed by atoms with Gasteiger partial charge in [-0.15, -0.1) is 5.10 Å². The second-order valence-corrected chi connectivity index (χ2v) is 5.38. The molecule has 0 aromatic carbocycles. The van der Waals surface area contributed by atoms with Gasteiger partial charge in [0, 0.05) is 26.2 Å². The third-order valence-corrected chi connectivity index (χ3v) is 3.89. The van der Waals surface area contributed by atoms with Gasteiger partial charge in [0.25, 0.3) is 0 Å². The number of anilines is 1. The molecule has 112 valence electrons. The van der Waals surface area contributed by atoms with E-state index in [1.165, 1.54) is 17.4 Å². The van der Waals surface area contributed by atoms with Crippen LogP contribution in [-0.2, 0) is 11.3 Å². The number of carbonyl (C=O) groups is 1. The number of hydrogen-bond acceptors (Lipinski definition) is 5. The number of likely N-dealkylation sites (tertiary alicyclic amines) is 1. The Balaban J connectivity index is 1.82. The number of carbonyl (C=O) groups excluding carboxylic acids is 1. The summed E-state index contributed by atoms with van der Waals surface area (Å²) >= 11 is 0. The molecule has 0 unspecified atom stereocenters. The monoisotopic (exact) mass is 280 g/mol. The Kier molecular flexibility index (Phi) is 4.94. The number of nitrogens with zero attached hydrogens (tertiary/aromatic N) is 5. The lowest BCUT2D eigenvalue weighted by Crippen LogP contribution is -2.46. The van der Waals surface area contributed by atoms with Crippen LogP contribution >= 0.6 is 0 Å². The van der Waals surface area contributed by atoms with Crippen molar-refractivity contribution in [3.05, 3.63) is 6.33 Å². The van der Waals surface area contributed by atoms with Crippen molar-refractivity contribution in [2.75, 3.05) is 32.4 Å². The minimum Gasteiger partial charge on any atom is -0.367 e. The van der Waals surface area contributed by atoms with Gasteiger partial charge < -0.3 is 15.5 Å². The predicted octanol–water partition coefficient (Wildman–Crippen LogP) is 0.193. The molecule has 1 aliphatic heterocycles. The highest BCUT2D eigenvalue weighted by Crippen LogP contribution is 2.16. The number of likely N-dealkylation sites (N-methyl/N-ethyl adjacent to an activating group) is 1. The molecule has 2 rings (SSSR count). The van der Waals surface area contributed by atoms with E-state index < -0.39 is 0 Å². The van der Waals surface area contributed by atoms with Crippen molar-refractivity contribution in [3.8, 4) is 0 Å². The van der Waals surface area contributed by atoms with E-state index in [1.807, 2.05) is 11.9 Å². The Morgan fingerprint density at radius 2 is 2.20 bits per heavy atom. The fourth-order valence-corrected chi connectivity index (χ4v) is 2.69. The van der Waals surface area contributed by atoms with Gasteiger partial charge >= 0.3 is 0 Å². The first-order valence-electron chi connectivity index (χ1n) is 7.23. The SMILES string of the molecule is CCCN1CCC(N(C)C(=O)Cn2cnc(N)n2)CC1. The quantitative estimate of drug-likeness (QED) is 0.833. The number of hydrogen-bond donors (Lipinski definition) is 1. The van der Waals surface area contributed by atoms with Gasteiger partial charge in [-0.3, -0.25) is 4.79 Å². The van der Waals surface area contributed by atoms with Gasteiger partial charge in [0.1, 0.15) is 12.9 Å². The van der Waals surface area contributed by atoms with Gasteiger partial charge in [0.2, 0.25) is 11.9 Å². The first kappa shape index (κ1) is 14.8. The normalized spacial score (nSPS) is 17.3. The van der Waals surface area contributed by atoms with Gasteiger partial charge in [0.05, 0.1) is 0 Å². The Labute approximate surface area is 119 Å². The van der Waals surface area contributed by atoms with Crippen molar-refractivity contribution in [2.45, 2.75) is 38.8 Å². The summed E-state index contributed by atoms with van der Waals surface area (Å²) < 4.78 is 1.49. The maximum absolute atomic E-state index is 12.2. The van der Waals surface area contributed by atoms with E-state index in [2.05, 4.69) is 21.9 Å². The number of amides is 1. The van der Waals surface area contributed by atoms with E-state index >= 15 is 0 Å². The molecule has 0 spiro atoms. The molecule has 20 heavy (non-hydrogen) atoms. The van der Waals surface area contributed by atoms with E-state index in [4.69, 9.17) is 5.73 Å². The van der Waals surface area contributed by atoms with Crippen LogP contribution in [-0.4, -0.2) is 63.2 Å². The lowest BCUT2D eigenvalue weighted by atomic mass is 10.0. The number of nitrogen functional groups attached to an aromatic ring is 1. The maximum atomic E-state index is 12.2. The molecule has 0 radical (unpaired) electrons. The minimum absolute atomic E-state index is 0.0591. The van der Waals surface area contributed by atoms with E-state index in [0.29, 0.717) is 6.04 Å². The summed E-state index contributed by atoms with van der Waals surface area (Å²) in [5, 5.41) is 3.94. The summed E-state index contributed by atoms with van der Waals surface area (Å²) in [5.74, 6) is 0.261. The molecule has 7 heteroatoms. The van der Waals surface area contributed by atoms with Crippen molar-refractivity contribution >= 4 is 11.9 Å². The Bertz CT molecular complexity index is 438. The molecule has 7 nitrogen and oxygen atoms in total. The van der Waals surface area contributed by atoms with Crippen molar-refractivity contribution in [3.63, 3.8) is 0 Å². The van der Waals surface area contributed by atoms with Crippen molar-refractivity contribution in [2.24, 2.45) is 0 Å². The zero-order valence-corrected chi connectivity index (χ0v) is 12.3. The summed E-state index contributed by atoms with van der Waals surface area (Å²) in [6.45, 7) is 5.71. The Hall–Kier alpha value is -1.63. The largest absolute Gasteiger partial charge is 0.367 e. The van der Waals surface area contributed by atoms with E-state index in [9.17, 15) is 4.79 Å². The Morgan fingerprint density at radius 3 is 2.75 bits per heavy atom. The van der Waals surface area contributed by atoms with E-state index in [0.717, 1.165) is 32.5 Å². The van der Waals surface area contributed by atoms with E-state index in [1.54, 1.807) is 0 Å². The molecule has 2 heterocycles. The van der Waals surface area contributed by atoms with Crippen LogP contribution in [0.2, 0.25) is 0 Å². The maximum Gasteiger partial charge on any atom is 0.244 e. The zero-order chi connectivity index (χ0) is 14.5. The van der Waals surface area contributed by atoms with Gasteiger partial charge in [-0.05, 0) is 25.8 Å². The Morgan fingerprint density at radius 1 is 1.50 bits per heavy atom. The summed E-state index contributed by atoms with van der Waals surface area (Å²) in [6, 6.07) is 0.330. The number of nitrogens with two attached hydrogens (primary N) is 1. The minimum atomic E-state index is 0.0591. The van der Waals surface area contributed by atoms with Crippen LogP contribution in [0.1, 0.15) is 26.2 Å². The second-order valence-electron chi connectivity index (χ2n) is 5.38. The standard InChI is InChI=1S/C13H24N6O/c1-3-6-18-7-4-11(5-8-18)17(2)12(20)9-19-10-15-13(14)16-19/h10-11H,3-9H2,1-2H3,(H2,14,16). The zero-order valence-electron chi connectivity index (χ0n) is 12.3. The fourth-order valence-electron chi connectivity index (χ4n) is 2.69. The lowest BCUT2D eigenvalue weighted by Gasteiger charge is -2.36. The lowest BCUT2D eigenvalue weighted by molar-refractivity contribution is -0.133. The van der Waals surface area contributed by atoms with Gasteiger partial charge in [-0.25, -0.2) is 9.67 Å². The molecule has 0 aliphatic carbocycles. The molecule has 1 saturated heterocycles. The second kappa shape index (κ2) is 6.69. The summed E-state index contributed by atoms with van der Waals surface area (Å²) in [6.07, 6.45) is 4.77.